The minimum atomic E-state index is -4.38. The van der Waals surface area contributed by atoms with E-state index in [2.05, 4.69) is 20.2 Å². The SMILES string of the molecule is CCN(C)c1nc(Nc2ccncn2)c2c(n1)c(CN1CCCCC1)nn2CCOCC(F)(F)F. The number of alkyl halides is 3. The van der Waals surface area contributed by atoms with Crippen LogP contribution < -0.4 is 10.2 Å². The van der Waals surface area contributed by atoms with Crippen molar-refractivity contribution in [1.82, 2.24) is 34.6 Å². The van der Waals surface area contributed by atoms with Crippen molar-refractivity contribution in [2.45, 2.75) is 45.5 Å². The summed E-state index contributed by atoms with van der Waals surface area (Å²) in [6.07, 6.45) is 2.12. The Morgan fingerprint density at radius 2 is 1.97 bits per heavy atom. The number of rotatable bonds is 10. The minimum absolute atomic E-state index is 0.122. The molecule has 0 bridgehead atoms. The summed E-state index contributed by atoms with van der Waals surface area (Å²) in [6.45, 7) is 3.91. The Kier molecular flexibility index (Phi) is 7.96. The van der Waals surface area contributed by atoms with Gasteiger partial charge in [0.25, 0.3) is 0 Å². The van der Waals surface area contributed by atoms with Gasteiger partial charge in [-0.3, -0.25) is 9.58 Å². The Hall–Kier alpha value is -3.06. The molecule has 35 heavy (non-hydrogen) atoms. The highest BCUT2D eigenvalue weighted by atomic mass is 19.4. The first kappa shape index (κ1) is 25.0. The van der Waals surface area contributed by atoms with Crippen molar-refractivity contribution in [2.75, 3.05) is 50.1 Å². The molecule has 0 saturated carbocycles. The Bertz CT molecular complexity index is 1100. The lowest BCUT2D eigenvalue weighted by Crippen LogP contribution is -2.29. The van der Waals surface area contributed by atoms with E-state index in [4.69, 9.17) is 19.8 Å². The number of hydrogen-bond donors (Lipinski definition) is 1. The van der Waals surface area contributed by atoms with Crippen LogP contribution in [-0.2, 0) is 17.8 Å². The summed E-state index contributed by atoms with van der Waals surface area (Å²) >= 11 is 0. The van der Waals surface area contributed by atoms with Crippen molar-refractivity contribution in [3.63, 3.8) is 0 Å². The number of halogens is 3. The Morgan fingerprint density at radius 1 is 1.17 bits per heavy atom. The average Bonchev–Trinajstić information content (AvgIpc) is 3.19. The first-order valence-electron chi connectivity index (χ1n) is 11.7. The first-order chi connectivity index (χ1) is 16.8. The summed E-state index contributed by atoms with van der Waals surface area (Å²) in [5.74, 6) is 1.52. The van der Waals surface area contributed by atoms with Crippen molar-refractivity contribution in [3.8, 4) is 0 Å². The maximum absolute atomic E-state index is 12.6. The highest BCUT2D eigenvalue weighted by Gasteiger charge is 2.28. The first-order valence-corrected chi connectivity index (χ1v) is 11.7. The molecule has 10 nitrogen and oxygen atoms in total. The number of likely N-dealkylation sites (tertiary alicyclic amines) is 1. The van der Waals surface area contributed by atoms with E-state index in [1.165, 1.54) is 12.7 Å². The van der Waals surface area contributed by atoms with Crippen LogP contribution in [0.4, 0.5) is 30.8 Å². The Labute approximate surface area is 201 Å². The van der Waals surface area contributed by atoms with Crippen LogP contribution in [0.15, 0.2) is 18.6 Å². The van der Waals surface area contributed by atoms with E-state index in [9.17, 15) is 13.2 Å². The maximum atomic E-state index is 12.6. The third-order valence-electron chi connectivity index (χ3n) is 5.82. The second-order valence-electron chi connectivity index (χ2n) is 8.48. The van der Waals surface area contributed by atoms with Gasteiger partial charge in [-0.2, -0.15) is 23.3 Å². The molecule has 0 aromatic carbocycles. The maximum Gasteiger partial charge on any atom is 0.411 e. The Morgan fingerprint density at radius 3 is 2.66 bits per heavy atom. The highest BCUT2D eigenvalue weighted by molar-refractivity contribution is 5.90. The number of piperidine rings is 1. The van der Waals surface area contributed by atoms with Gasteiger partial charge in [-0.15, -0.1) is 0 Å². The molecule has 1 saturated heterocycles. The highest BCUT2D eigenvalue weighted by Crippen LogP contribution is 2.29. The number of anilines is 3. The molecule has 13 heteroatoms. The van der Waals surface area contributed by atoms with Gasteiger partial charge in [-0.1, -0.05) is 6.42 Å². The molecule has 0 radical (unpaired) electrons. The van der Waals surface area contributed by atoms with E-state index in [-0.39, 0.29) is 13.2 Å². The van der Waals surface area contributed by atoms with E-state index < -0.39 is 12.8 Å². The average molecular weight is 494 g/mol. The molecule has 4 heterocycles. The molecule has 3 aromatic heterocycles. The second kappa shape index (κ2) is 11.1. The van der Waals surface area contributed by atoms with E-state index in [0.29, 0.717) is 41.7 Å². The van der Waals surface area contributed by atoms with Gasteiger partial charge in [-0.05, 0) is 38.9 Å². The molecule has 1 aliphatic rings. The fourth-order valence-electron chi connectivity index (χ4n) is 3.95. The van der Waals surface area contributed by atoms with Crippen LogP contribution in [0.2, 0.25) is 0 Å². The Balaban J connectivity index is 1.74. The molecule has 3 aromatic rings. The van der Waals surface area contributed by atoms with Gasteiger partial charge in [0.15, 0.2) is 5.82 Å². The predicted molar refractivity (Wildman–Crippen MR) is 126 cm³/mol. The van der Waals surface area contributed by atoms with Crippen LogP contribution >= 0.6 is 0 Å². The van der Waals surface area contributed by atoms with Gasteiger partial charge in [0, 0.05) is 26.3 Å². The standard InChI is InChI=1S/C22H30F3N9O/c1-3-32(2)21-29-18-16(13-33-9-5-4-6-10-33)31-34(11-12-35-14-22(23,24)25)19(18)20(30-21)28-17-7-8-26-15-27-17/h7-8,15H,3-6,9-14H2,1-2H3,(H,26,27,28,29,30). The van der Waals surface area contributed by atoms with E-state index in [1.54, 1.807) is 16.9 Å². The second-order valence-corrected chi connectivity index (χ2v) is 8.48. The van der Waals surface area contributed by atoms with Crippen LogP contribution in [0.25, 0.3) is 11.0 Å². The molecular formula is C22H30F3N9O. The van der Waals surface area contributed by atoms with Gasteiger partial charge in [-0.25, -0.2) is 15.0 Å². The summed E-state index contributed by atoms with van der Waals surface area (Å²) in [5, 5.41) is 7.98. The number of aromatic nitrogens is 6. The summed E-state index contributed by atoms with van der Waals surface area (Å²) < 4.78 is 44.2. The van der Waals surface area contributed by atoms with Crippen LogP contribution in [0.5, 0.6) is 0 Å². The van der Waals surface area contributed by atoms with Gasteiger partial charge < -0.3 is 15.0 Å². The number of nitrogens with zero attached hydrogens (tertiary/aromatic N) is 8. The smallest absolute Gasteiger partial charge is 0.370 e. The number of hydrogen-bond acceptors (Lipinski definition) is 9. The molecular weight excluding hydrogens is 463 g/mol. The molecule has 0 unspecified atom stereocenters. The van der Waals surface area contributed by atoms with Gasteiger partial charge in [0.05, 0.1) is 13.2 Å². The molecule has 0 spiro atoms. The van der Waals surface area contributed by atoms with Gasteiger partial charge in [0.1, 0.15) is 35.5 Å². The van der Waals surface area contributed by atoms with Crippen LogP contribution in [0.1, 0.15) is 31.9 Å². The normalized spacial score (nSPS) is 15.0. The van der Waals surface area contributed by atoms with Gasteiger partial charge >= 0.3 is 6.18 Å². The van der Waals surface area contributed by atoms with Crippen LogP contribution in [0, 0.1) is 0 Å². The quantitative estimate of drug-likeness (QED) is 0.426. The third kappa shape index (κ3) is 6.54. The van der Waals surface area contributed by atoms with E-state index in [0.717, 1.165) is 31.6 Å². The molecule has 0 aliphatic carbocycles. The van der Waals surface area contributed by atoms with E-state index >= 15 is 0 Å². The fraction of sp³-hybridized carbons (Fsp3) is 0.591. The molecule has 1 N–H and O–H groups in total. The molecule has 4 rings (SSSR count). The molecule has 190 valence electrons. The third-order valence-corrected chi connectivity index (χ3v) is 5.82. The summed E-state index contributed by atoms with van der Waals surface area (Å²) in [6, 6.07) is 1.71. The van der Waals surface area contributed by atoms with Crippen molar-refractivity contribution < 1.29 is 17.9 Å². The zero-order valence-corrected chi connectivity index (χ0v) is 19.9. The fourth-order valence-corrected chi connectivity index (χ4v) is 3.95. The van der Waals surface area contributed by atoms with Crippen LogP contribution in [-0.4, -0.2) is 80.7 Å². The largest absolute Gasteiger partial charge is 0.411 e. The van der Waals surface area contributed by atoms with Crippen molar-refractivity contribution in [3.05, 3.63) is 24.3 Å². The summed E-state index contributed by atoms with van der Waals surface area (Å²) in [5.41, 5.74) is 2.02. The number of ether oxygens (including phenoxy) is 1. The van der Waals surface area contributed by atoms with Crippen molar-refractivity contribution in [1.29, 1.82) is 0 Å². The zero-order chi connectivity index (χ0) is 24.8. The molecule has 0 amide bonds. The number of fused-ring (bicyclic) bond motifs is 1. The monoisotopic (exact) mass is 493 g/mol. The number of nitrogens with one attached hydrogen (secondary N) is 1. The molecule has 1 fully saturated rings. The lowest BCUT2D eigenvalue weighted by atomic mass is 10.1. The summed E-state index contributed by atoms with van der Waals surface area (Å²) in [7, 11) is 1.90. The molecule has 0 atom stereocenters. The lowest BCUT2D eigenvalue weighted by Gasteiger charge is -2.25. The van der Waals surface area contributed by atoms with Gasteiger partial charge in [0.2, 0.25) is 5.95 Å². The minimum Gasteiger partial charge on any atom is -0.370 e. The van der Waals surface area contributed by atoms with Crippen LogP contribution in [0.3, 0.4) is 0 Å². The summed E-state index contributed by atoms with van der Waals surface area (Å²) in [4.78, 5) is 21.9. The topological polar surface area (TPSA) is 97.1 Å². The van der Waals surface area contributed by atoms with E-state index in [1.807, 2.05) is 18.9 Å². The predicted octanol–water partition coefficient (Wildman–Crippen LogP) is 3.38. The lowest BCUT2D eigenvalue weighted by molar-refractivity contribution is -0.174. The van der Waals surface area contributed by atoms with Crippen molar-refractivity contribution in [2.24, 2.45) is 0 Å². The zero-order valence-electron chi connectivity index (χ0n) is 19.9. The van der Waals surface area contributed by atoms with Crippen molar-refractivity contribution >= 4 is 28.6 Å². The molecule has 1 aliphatic heterocycles.